The highest BCUT2D eigenvalue weighted by Crippen LogP contribution is 2.34. The predicted molar refractivity (Wildman–Crippen MR) is 109 cm³/mol. The molecule has 3 rings (SSSR count). The first-order valence-corrected chi connectivity index (χ1v) is 8.79. The molecule has 0 unspecified atom stereocenters. The summed E-state index contributed by atoms with van der Waals surface area (Å²) in [5.74, 6) is -0.550. The van der Waals surface area contributed by atoms with Gasteiger partial charge in [0.2, 0.25) is 0 Å². The van der Waals surface area contributed by atoms with Gasteiger partial charge in [0.1, 0.15) is 11.4 Å². The lowest BCUT2D eigenvalue weighted by Gasteiger charge is -2.14. The molecule has 9 heteroatoms. The van der Waals surface area contributed by atoms with Crippen LogP contribution < -0.4 is 20.3 Å². The molecule has 3 aromatic rings. The second kappa shape index (κ2) is 8.91. The van der Waals surface area contributed by atoms with Gasteiger partial charge in [0.15, 0.2) is 11.5 Å². The number of benzene rings is 2. The number of methoxy groups -OCH3 is 3. The third kappa shape index (κ3) is 4.14. The maximum atomic E-state index is 12.7. The van der Waals surface area contributed by atoms with Crippen LogP contribution in [0, 0.1) is 0 Å². The molecular formula is C21H19N3O6. The molecule has 2 N–H and O–H groups in total. The summed E-state index contributed by atoms with van der Waals surface area (Å²) < 4.78 is 15.2. The lowest BCUT2D eigenvalue weighted by molar-refractivity contribution is 0.0601. The van der Waals surface area contributed by atoms with Crippen molar-refractivity contribution in [1.82, 2.24) is 9.97 Å². The Bertz CT molecular complexity index is 1140. The lowest BCUT2D eigenvalue weighted by atomic mass is 10.1. The van der Waals surface area contributed by atoms with Crippen molar-refractivity contribution in [2.24, 2.45) is 0 Å². The Hall–Kier alpha value is -4.14. The van der Waals surface area contributed by atoms with Crippen LogP contribution in [0.15, 0.2) is 53.5 Å². The quantitative estimate of drug-likeness (QED) is 0.600. The standard InChI is InChI=1S/C21H19N3O6/c1-28-16-9-13(21(27)30-3)15(10-17(16)29-2)23-19(25)14-11-22-18(24-20(14)26)12-7-5-4-6-8-12/h4-11H,1-3H3,(H,23,25)(H,22,24,26). The minimum absolute atomic E-state index is 0.0359. The fraction of sp³-hybridized carbons (Fsp3) is 0.143. The van der Waals surface area contributed by atoms with E-state index in [1.807, 2.05) is 6.07 Å². The molecule has 9 nitrogen and oxygen atoms in total. The number of anilines is 1. The van der Waals surface area contributed by atoms with Crippen molar-refractivity contribution in [2.45, 2.75) is 0 Å². The zero-order chi connectivity index (χ0) is 21.7. The highest BCUT2D eigenvalue weighted by atomic mass is 16.5. The maximum absolute atomic E-state index is 12.7. The first-order valence-electron chi connectivity index (χ1n) is 8.79. The van der Waals surface area contributed by atoms with Crippen LogP contribution in [0.3, 0.4) is 0 Å². The topological polar surface area (TPSA) is 120 Å². The first-order chi connectivity index (χ1) is 14.5. The van der Waals surface area contributed by atoms with Crippen LogP contribution in [0.5, 0.6) is 11.5 Å². The third-order valence-corrected chi connectivity index (χ3v) is 4.27. The fourth-order valence-corrected chi connectivity index (χ4v) is 2.75. The summed E-state index contributed by atoms with van der Waals surface area (Å²) in [6.07, 6.45) is 1.18. The summed E-state index contributed by atoms with van der Waals surface area (Å²) in [4.78, 5) is 44.0. The fourth-order valence-electron chi connectivity index (χ4n) is 2.75. The summed E-state index contributed by atoms with van der Waals surface area (Å²) in [6.45, 7) is 0. The van der Waals surface area contributed by atoms with Gasteiger partial charge >= 0.3 is 5.97 Å². The molecule has 0 aliphatic carbocycles. The Morgan fingerprint density at radius 2 is 1.63 bits per heavy atom. The van der Waals surface area contributed by atoms with Crippen molar-refractivity contribution < 1.29 is 23.8 Å². The van der Waals surface area contributed by atoms with E-state index in [2.05, 4.69) is 15.3 Å². The molecule has 0 bridgehead atoms. The molecule has 0 fully saturated rings. The van der Waals surface area contributed by atoms with E-state index in [1.54, 1.807) is 24.3 Å². The number of nitrogens with one attached hydrogen (secondary N) is 2. The van der Waals surface area contributed by atoms with Crippen LogP contribution in [-0.4, -0.2) is 43.2 Å². The smallest absolute Gasteiger partial charge is 0.340 e. The van der Waals surface area contributed by atoms with Gasteiger partial charge in [0.05, 0.1) is 32.6 Å². The number of hydrogen-bond donors (Lipinski definition) is 2. The van der Waals surface area contributed by atoms with Gasteiger partial charge in [-0.25, -0.2) is 9.78 Å². The molecule has 0 aliphatic heterocycles. The van der Waals surface area contributed by atoms with Crippen molar-refractivity contribution in [3.05, 3.63) is 70.1 Å². The van der Waals surface area contributed by atoms with Crippen molar-refractivity contribution in [3.63, 3.8) is 0 Å². The molecule has 154 valence electrons. The number of carbonyl (C=O) groups is 2. The average Bonchev–Trinajstić information content (AvgIpc) is 2.78. The molecule has 0 aliphatic rings. The molecule has 2 aromatic carbocycles. The van der Waals surface area contributed by atoms with Gasteiger partial charge in [0.25, 0.3) is 11.5 Å². The number of carbonyl (C=O) groups excluding carboxylic acids is 2. The average molecular weight is 409 g/mol. The van der Waals surface area contributed by atoms with E-state index in [0.29, 0.717) is 11.4 Å². The van der Waals surface area contributed by atoms with Crippen LogP contribution in [0.2, 0.25) is 0 Å². The van der Waals surface area contributed by atoms with E-state index < -0.39 is 17.4 Å². The summed E-state index contributed by atoms with van der Waals surface area (Å²) in [5.41, 5.74) is -0.0130. The van der Waals surface area contributed by atoms with Crippen LogP contribution >= 0.6 is 0 Å². The molecule has 0 radical (unpaired) electrons. The molecular weight excluding hydrogens is 390 g/mol. The molecule has 1 aromatic heterocycles. The van der Waals surface area contributed by atoms with Gasteiger partial charge in [0, 0.05) is 23.9 Å². The summed E-state index contributed by atoms with van der Waals surface area (Å²) in [5, 5.41) is 2.53. The number of H-pyrrole nitrogens is 1. The second-order valence-electron chi connectivity index (χ2n) is 6.04. The van der Waals surface area contributed by atoms with E-state index in [4.69, 9.17) is 14.2 Å². The number of ether oxygens (including phenoxy) is 3. The van der Waals surface area contributed by atoms with E-state index in [1.165, 1.54) is 39.7 Å². The molecule has 0 spiro atoms. The van der Waals surface area contributed by atoms with Crippen LogP contribution in [0.25, 0.3) is 11.4 Å². The molecule has 1 amide bonds. The largest absolute Gasteiger partial charge is 0.493 e. The Morgan fingerprint density at radius 1 is 0.967 bits per heavy atom. The number of hydrogen-bond acceptors (Lipinski definition) is 7. The number of esters is 1. The molecule has 0 saturated heterocycles. The van der Waals surface area contributed by atoms with E-state index in [9.17, 15) is 14.4 Å². The van der Waals surface area contributed by atoms with E-state index in [0.717, 1.165) is 0 Å². The van der Waals surface area contributed by atoms with Crippen molar-refractivity contribution in [1.29, 1.82) is 0 Å². The lowest BCUT2D eigenvalue weighted by Crippen LogP contribution is -2.25. The monoisotopic (exact) mass is 409 g/mol. The second-order valence-corrected chi connectivity index (χ2v) is 6.04. The molecule has 0 atom stereocenters. The van der Waals surface area contributed by atoms with Crippen molar-refractivity contribution >= 4 is 17.6 Å². The maximum Gasteiger partial charge on any atom is 0.340 e. The Labute approximate surface area is 171 Å². The summed E-state index contributed by atoms with van der Waals surface area (Å²) >= 11 is 0. The van der Waals surface area contributed by atoms with Crippen LogP contribution in [0.4, 0.5) is 5.69 Å². The number of aromatic nitrogens is 2. The summed E-state index contributed by atoms with van der Waals surface area (Å²) in [6, 6.07) is 11.8. The predicted octanol–water partition coefficient (Wildman–Crippen LogP) is 2.49. The van der Waals surface area contributed by atoms with Gasteiger partial charge in [-0.3, -0.25) is 9.59 Å². The zero-order valence-corrected chi connectivity index (χ0v) is 16.5. The number of aromatic amines is 1. The number of nitrogens with zero attached hydrogens (tertiary/aromatic N) is 1. The summed E-state index contributed by atoms with van der Waals surface area (Å²) in [7, 11) is 4.04. The van der Waals surface area contributed by atoms with Crippen LogP contribution in [-0.2, 0) is 4.74 Å². The number of rotatable bonds is 6. The van der Waals surface area contributed by atoms with Gasteiger partial charge in [-0.2, -0.15) is 0 Å². The highest BCUT2D eigenvalue weighted by Gasteiger charge is 2.21. The van der Waals surface area contributed by atoms with Gasteiger partial charge in [-0.05, 0) is 0 Å². The Balaban J connectivity index is 1.96. The first kappa shape index (κ1) is 20.6. The SMILES string of the molecule is COC(=O)c1cc(OC)c(OC)cc1NC(=O)c1cnc(-c2ccccc2)[nH]c1=O. The normalized spacial score (nSPS) is 10.2. The molecule has 0 saturated carbocycles. The van der Waals surface area contributed by atoms with Crippen molar-refractivity contribution in [2.75, 3.05) is 26.6 Å². The minimum Gasteiger partial charge on any atom is -0.493 e. The van der Waals surface area contributed by atoms with E-state index in [-0.39, 0.29) is 28.3 Å². The Kier molecular flexibility index (Phi) is 6.11. The molecule has 30 heavy (non-hydrogen) atoms. The van der Waals surface area contributed by atoms with Gasteiger partial charge in [-0.1, -0.05) is 30.3 Å². The van der Waals surface area contributed by atoms with Crippen LogP contribution in [0.1, 0.15) is 20.7 Å². The third-order valence-electron chi connectivity index (χ3n) is 4.27. The highest BCUT2D eigenvalue weighted by molar-refractivity contribution is 6.08. The van der Waals surface area contributed by atoms with Gasteiger partial charge < -0.3 is 24.5 Å². The minimum atomic E-state index is -0.749. The molecule has 1 heterocycles. The number of amides is 1. The van der Waals surface area contributed by atoms with Crippen molar-refractivity contribution in [3.8, 4) is 22.9 Å². The zero-order valence-electron chi connectivity index (χ0n) is 16.5. The van der Waals surface area contributed by atoms with Gasteiger partial charge in [-0.15, -0.1) is 0 Å². The van der Waals surface area contributed by atoms with E-state index >= 15 is 0 Å². The Morgan fingerprint density at radius 3 is 2.23 bits per heavy atom.